The first-order valence-electron chi connectivity index (χ1n) is 5.45. The van der Waals surface area contributed by atoms with E-state index in [1.54, 1.807) is 6.20 Å². The fraction of sp³-hybridized carbons (Fsp3) is 0.250. The second-order valence-corrected chi connectivity index (χ2v) is 4.03. The summed E-state index contributed by atoms with van der Waals surface area (Å²) in [4.78, 5) is 2.16. The molecule has 88 valence electrons. The van der Waals surface area contributed by atoms with E-state index in [1.165, 1.54) is 0 Å². The minimum absolute atomic E-state index is 0.315. The number of nitrogens with zero attached hydrogens (tertiary/aromatic N) is 2. The summed E-state index contributed by atoms with van der Waals surface area (Å²) in [6, 6.07) is 5.97. The normalized spacial score (nSPS) is 14.3. The number of benzene rings is 1. The molecule has 0 bridgehead atoms. The summed E-state index contributed by atoms with van der Waals surface area (Å²) in [5.74, 6) is 1.16. The van der Waals surface area contributed by atoms with Crippen LogP contribution in [0.1, 0.15) is 0 Å². The largest absolute Gasteiger partial charge is 0.489 e. The van der Waals surface area contributed by atoms with Crippen LogP contribution in [-0.2, 0) is 0 Å². The van der Waals surface area contributed by atoms with Crippen LogP contribution in [0.2, 0.25) is 0 Å². The second-order valence-electron chi connectivity index (χ2n) is 4.03. The molecule has 0 radical (unpaired) electrons. The van der Waals surface area contributed by atoms with Crippen LogP contribution in [-0.4, -0.2) is 25.4 Å². The van der Waals surface area contributed by atoms with Crippen LogP contribution < -0.4 is 15.4 Å². The van der Waals surface area contributed by atoms with Gasteiger partial charge in [0.2, 0.25) is 5.88 Å². The van der Waals surface area contributed by atoms with Crippen molar-refractivity contribution < 1.29 is 9.26 Å². The van der Waals surface area contributed by atoms with E-state index in [0.29, 0.717) is 12.5 Å². The van der Waals surface area contributed by atoms with Crippen LogP contribution in [0.3, 0.4) is 0 Å². The van der Waals surface area contributed by atoms with Gasteiger partial charge in [0.1, 0.15) is 6.61 Å². The first-order chi connectivity index (χ1) is 8.27. The molecule has 1 aliphatic heterocycles. The van der Waals surface area contributed by atoms with Gasteiger partial charge >= 0.3 is 0 Å². The van der Waals surface area contributed by atoms with Crippen molar-refractivity contribution in [1.29, 1.82) is 0 Å². The highest BCUT2D eigenvalue weighted by molar-refractivity contribution is 5.83. The Kier molecular flexibility index (Phi) is 2.18. The third kappa shape index (κ3) is 1.51. The van der Waals surface area contributed by atoms with Crippen LogP contribution >= 0.6 is 0 Å². The number of hydrogen-bond acceptors (Lipinski definition) is 5. The average Bonchev–Trinajstić information content (AvgIpc) is 2.75. The Labute approximate surface area is 98.8 Å². The predicted octanol–water partition coefficient (Wildman–Crippen LogP) is 1.75. The van der Waals surface area contributed by atoms with Crippen molar-refractivity contribution in [2.24, 2.45) is 0 Å². The van der Waals surface area contributed by atoms with Crippen LogP contribution in [0.25, 0.3) is 11.1 Å². The summed E-state index contributed by atoms with van der Waals surface area (Å²) in [6.07, 6.45) is 1.61. The molecule has 0 atom stereocenters. The maximum atomic E-state index is 5.74. The molecule has 5 nitrogen and oxygen atoms in total. The number of anilines is 2. The minimum atomic E-state index is 0.315. The molecule has 5 heteroatoms. The summed E-state index contributed by atoms with van der Waals surface area (Å²) >= 11 is 0. The smallest absolute Gasteiger partial charge is 0.230 e. The summed E-state index contributed by atoms with van der Waals surface area (Å²) in [7, 11) is 2.04. The van der Waals surface area contributed by atoms with Gasteiger partial charge in [-0.2, -0.15) is 0 Å². The first kappa shape index (κ1) is 10.0. The summed E-state index contributed by atoms with van der Waals surface area (Å²) in [5, 5.41) is 3.70. The molecule has 0 aliphatic carbocycles. The Morgan fingerprint density at radius 1 is 1.35 bits per heavy atom. The molecule has 1 aliphatic rings. The van der Waals surface area contributed by atoms with Gasteiger partial charge in [-0.25, -0.2) is 0 Å². The zero-order chi connectivity index (χ0) is 11.8. The SMILES string of the molecule is CN1CCOc2c(-c3cnoc3N)cccc21. The molecule has 2 heterocycles. The van der Waals surface area contributed by atoms with Gasteiger partial charge in [-0.3, -0.25) is 0 Å². The number of nitrogens with two attached hydrogens (primary N) is 1. The predicted molar refractivity (Wildman–Crippen MR) is 65.1 cm³/mol. The standard InChI is InChI=1S/C12H13N3O2/c1-15-5-6-16-11-8(3-2-4-10(11)15)9-7-14-17-12(9)13/h2-4,7H,5-6,13H2,1H3. The Balaban J connectivity index is 2.19. The van der Waals surface area contributed by atoms with E-state index in [-0.39, 0.29) is 0 Å². The second kappa shape index (κ2) is 3.69. The molecule has 0 spiro atoms. The highest BCUT2D eigenvalue weighted by atomic mass is 16.5. The van der Waals surface area contributed by atoms with Crippen molar-refractivity contribution >= 4 is 11.6 Å². The van der Waals surface area contributed by atoms with Crippen molar-refractivity contribution in [3.63, 3.8) is 0 Å². The number of fused-ring (bicyclic) bond motifs is 1. The van der Waals surface area contributed by atoms with Crippen molar-refractivity contribution in [3.05, 3.63) is 24.4 Å². The summed E-state index contributed by atoms with van der Waals surface area (Å²) in [5.41, 5.74) is 8.51. The Morgan fingerprint density at radius 3 is 3.00 bits per heavy atom. The van der Waals surface area contributed by atoms with Crippen molar-refractivity contribution in [2.75, 3.05) is 30.8 Å². The topological polar surface area (TPSA) is 64.5 Å². The van der Waals surface area contributed by atoms with E-state index in [2.05, 4.69) is 10.1 Å². The molecule has 1 aromatic carbocycles. The lowest BCUT2D eigenvalue weighted by atomic mass is 10.1. The number of para-hydroxylation sites is 1. The lowest BCUT2D eigenvalue weighted by Gasteiger charge is -2.28. The van der Waals surface area contributed by atoms with E-state index >= 15 is 0 Å². The molecular formula is C12H13N3O2. The van der Waals surface area contributed by atoms with E-state index in [1.807, 2.05) is 25.2 Å². The van der Waals surface area contributed by atoms with Gasteiger partial charge in [-0.15, -0.1) is 0 Å². The molecule has 3 rings (SSSR count). The molecular weight excluding hydrogens is 218 g/mol. The third-order valence-electron chi connectivity index (χ3n) is 2.97. The molecule has 2 aromatic rings. The summed E-state index contributed by atoms with van der Waals surface area (Å²) < 4.78 is 10.6. The van der Waals surface area contributed by atoms with Gasteiger partial charge in [-0.05, 0) is 6.07 Å². The molecule has 0 unspecified atom stereocenters. The number of likely N-dealkylation sites (N-methyl/N-ethyl adjacent to an activating group) is 1. The first-order valence-corrected chi connectivity index (χ1v) is 5.45. The number of ether oxygens (including phenoxy) is 1. The van der Waals surface area contributed by atoms with Crippen molar-refractivity contribution in [2.45, 2.75) is 0 Å². The van der Waals surface area contributed by atoms with Crippen LogP contribution in [0, 0.1) is 0 Å². The lowest BCUT2D eigenvalue weighted by molar-refractivity contribution is 0.312. The van der Waals surface area contributed by atoms with E-state index < -0.39 is 0 Å². The van der Waals surface area contributed by atoms with Crippen LogP contribution in [0.5, 0.6) is 5.75 Å². The molecule has 0 saturated carbocycles. The molecule has 0 fully saturated rings. The monoisotopic (exact) mass is 231 g/mol. The van der Waals surface area contributed by atoms with Gasteiger partial charge in [-0.1, -0.05) is 17.3 Å². The van der Waals surface area contributed by atoms with Crippen LogP contribution in [0.15, 0.2) is 28.9 Å². The van der Waals surface area contributed by atoms with Gasteiger partial charge in [0.05, 0.1) is 24.0 Å². The molecule has 0 amide bonds. The van der Waals surface area contributed by atoms with Crippen molar-refractivity contribution in [3.8, 4) is 16.9 Å². The van der Waals surface area contributed by atoms with Gasteiger partial charge in [0.25, 0.3) is 0 Å². The van der Waals surface area contributed by atoms with E-state index in [9.17, 15) is 0 Å². The number of nitrogen functional groups attached to an aromatic ring is 1. The highest BCUT2D eigenvalue weighted by Crippen LogP contribution is 2.41. The van der Waals surface area contributed by atoms with Crippen LogP contribution in [0.4, 0.5) is 11.6 Å². The van der Waals surface area contributed by atoms with E-state index in [4.69, 9.17) is 15.0 Å². The maximum absolute atomic E-state index is 5.74. The maximum Gasteiger partial charge on any atom is 0.230 e. The Hall–Kier alpha value is -2.17. The number of hydrogen-bond donors (Lipinski definition) is 1. The minimum Gasteiger partial charge on any atom is -0.489 e. The molecule has 2 N–H and O–H groups in total. The lowest BCUT2D eigenvalue weighted by Crippen LogP contribution is -2.28. The number of aromatic nitrogens is 1. The van der Waals surface area contributed by atoms with E-state index in [0.717, 1.165) is 29.1 Å². The van der Waals surface area contributed by atoms with Crippen molar-refractivity contribution in [1.82, 2.24) is 5.16 Å². The average molecular weight is 231 g/mol. The summed E-state index contributed by atoms with van der Waals surface area (Å²) in [6.45, 7) is 1.56. The quantitative estimate of drug-likeness (QED) is 0.810. The number of rotatable bonds is 1. The zero-order valence-corrected chi connectivity index (χ0v) is 9.51. The molecule has 0 saturated heterocycles. The zero-order valence-electron chi connectivity index (χ0n) is 9.51. The molecule has 17 heavy (non-hydrogen) atoms. The van der Waals surface area contributed by atoms with Gasteiger partial charge in [0, 0.05) is 12.6 Å². The fourth-order valence-corrected chi connectivity index (χ4v) is 2.05. The Morgan fingerprint density at radius 2 is 2.24 bits per heavy atom. The Bertz CT molecular complexity index is 550. The highest BCUT2D eigenvalue weighted by Gasteiger charge is 2.21. The fourth-order valence-electron chi connectivity index (χ4n) is 2.05. The van der Waals surface area contributed by atoms with Gasteiger partial charge in [0.15, 0.2) is 5.75 Å². The third-order valence-corrected chi connectivity index (χ3v) is 2.97. The molecule has 1 aromatic heterocycles. The van der Waals surface area contributed by atoms with Gasteiger partial charge < -0.3 is 19.9 Å².